The van der Waals surface area contributed by atoms with Crippen LogP contribution >= 0.6 is 11.3 Å². The van der Waals surface area contributed by atoms with E-state index in [4.69, 9.17) is 9.47 Å². The number of nitrogens with one attached hydrogen (secondary N) is 2. The molecule has 0 spiro atoms. The molecule has 0 radical (unpaired) electrons. The molecular weight excluding hydrogens is 320 g/mol. The third-order valence-electron chi connectivity index (χ3n) is 2.73. The Kier molecular flexibility index (Phi) is 7.43. The van der Waals surface area contributed by atoms with Gasteiger partial charge in [0.05, 0.1) is 18.7 Å². The lowest BCUT2D eigenvalue weighted by Crippen LogP contribution is -2.25. The van der Waals surface area contributed by atoms with Crippen LogP contribution < -0.4 is 10.6 Å². The van der Waals surface area contributed by atoms with Gasteiger partial charge in [-0.2, -0.15) is 0 Å². The van der Waals surface area contributed by atoms with Crippen LogP contribution in [-0.4, -0.2) is 44.7 Å². The van der Waals surface area contributed by atoms with Crippen LogP contribution in [0.2, 0.25) is 0 Å². The summed E-state index contributed by atoms with van der Waals surface area (Å²) in [7, 11) is 1.63. The lowest BCUT2D eigenvalue weighted by molar-refractivity contribution is -0.115. The van der Waals surface area contributed by atoms with Crippen molar-refractivity contribution in [2.45, 2.75) is 13.8 Å². The Morgan fingerprint density at radius 3 is 2.52 bits per heavy atom. The molecule has 2 N–H and O–H groups in total. The molecule has 1 aromatic rings. The van der Waals surface area contributed by atoms with E-state index in [9.17, 15) is 14.4 Å². The zero-order valence-electron chi connectivity index (χ0n) is 13.4. The standard InChI is InChI=1S/C15H20N2O5S/c1-5-7-22-15(20)12-9(3)11(14(19)21-6-2)13(23-12)17-10(18)8-16-4/h5,16H,1,6-8H2,2-4H3,(H,17,18). The van der Waals surface area contributed by atoms with E-state index in [1.54, 1.807) is 20.9 Å². The molecule has 0 aliphatic heterocycles. The van der Waals surface area contributed by atoms with Gasteiger partial charge in [0.15, 0.2) is 0 Å². The highest BCUT2D eigenvalue weighted by Gasteiger charge is 2.27. The molecule has 0 aliphatic rings. The van der Waals surface area contributed by atoms with Crippen molar-refractivity contribution >= 4 is 34.2 Å². The molecule has 1 aromatic heterocycles. The predicted molar refractivity (Wildman–Crippen MR) is 88.0 cm³/mol. The van der Waals surface area contributed by atoms with Crippen LogP contribution in [0.15, 0.2) is 12.7 Å². The van der Waals surface area contributed by atoms with Crippen LogP contribution in [0.3, 0.4) is 0 Å². The summed E-state index contributed by atoms with van der Waals surface area (Å²) in [5, 5.41) is 5.59. The van der Waals surface area contributed by atoms with Gasteiger partial charge >= 0.3 is 11.9 Å². The summed E-state index contributed by atoms with van der Waals surface area (Å²) in [6.45, 7) is 7.09. The van der Waals surface area contributed by atoms with Gasteiger partial charge in [0.1, 0.15) is 16.5 Å². The van der Waals surface area contributed by atoms with Gasteiger partial charge in [-0.3, -0.25) is 4.79 Å². The van der Waals surface area contributed by atoms with E-state index < -0.39 is 11.9 Å². The fourth-order valence-electron chi connectivity index (χ4n) is 1.78. The molecular formula is C15H20N2O5S. The van der Waals surface area contributed by atoms with Crippen LogP contribution in [0.25, 0.3) is 0 Å². The highest BCUT2D eigenvalue weighted by Crippen LogP contribution is 2.34. The molecule has 8 heteroatoms. The minimum atomic E-state index is -0.594. The Bertz CT molecular complexity index is 609. The number of thiophene rings is 1. The smallest absolute Gasteiger partial charge is 0.348 e. The maximum atomic E-state index is 12.1. The minimum absolute atomic E-state index is 0.0619. The molecule has 23 heavy (non-hydrogen) atoms. The third kappa shape index (κ3) is 4.90. The highest BCUT2D eigenvalue weighted by molar-refractivity contribution is 7.18. The van der Waals surface area contributed by atoms with Gasteiger partial charge in [-0.1, -0.05) is 12.7 Å². The van der Waals surface area contributed by atoms with Crippen LogP contribution in [0, 0.1) is 6.92 Å². The number of carbonyl (C=O) groups is 3. The van der Waals surface area contributed by atoms with Gasteiger partial charge in [0.25, 0.3) is 0 Å². The van der Waals surface area contributed by atoms with Gasteiger partial charge in [-0.15, -0.1) is 11.3 Å². The molecule has 0 fully saturated rings. The number of anilines is 1. The summed E-state index contributed by atoms with van der Waals surface area (Å²) in [6.07, 6.45) is 1.45. The van der Waals surface area contributed by atoms with Crippen LogP contribution in [-0.2, 0) is 14.3 Å². The highest BCUT2D eigenvalue weighted by atomic mass is 32.1. The van der Waals surface area contributed by atoms with E-state index in [2.05, 4.69) is 17.2 Å². The van der Waals surface area contributed by atoms with Gasteiger partial charge in [0, 0.05) is 0 Å². The maximum Gasteiger partial charge on any atom is 0.348 e. The largest absolute Gasteiger partial charge is 0.462 e. The van der Waals surface area contributed by atoms with E-state index in [0.29, 0.717) is 5.56 Å². The fraction of sp³-hybridized carbons (Fsp3) is 0.400. The molecule has 7 nitrogen and oxygen atoms in total. The van der Waals surface area contributed by atoms with E-state index in [1.807, 2.05) is 0 Å². The quantitative estimate of drug-likeness (QED) is 0.553. The zero-order valence-corrected chi connectivity index (χ0v) is 14.2. The number of carbonyl (C=O) groups excluding carboxylic acids is 3. The molecule has 0 saturated carbocycles. The minimum Gasteiger partial charge on any atom is -0.462 e. The second-order valence-electron chi connectivity index (χ2n) is 4.45. The van der Waals surface area contributed by atoms with Crippen molar-refractivity contribution in [3.63, 3.8) is 0 Å². The SMILES string of the molecule is C=CCOC(=O)c1sc(NC(=O)CNC)c(C(=O)OCC)c1C. The molecule has 126 valence electrons. The third-order valence-corrected chi connectivity index (χ3v) is 3.92. The number of hydrogen-bond acceptors (Lipinski definition) is 7. The van der Waals surface area contributed by atoms with Crippen molar-refractivity contribution in [3.05, 3.63) is 28.7 Å². The molecule has 1 heterocycles. The zero-order chi connectivity index (χ0) is 17.4. The predicted octanol–water partition coefficient (Wildman–Crippen LogP) is 1.73. The van der Waals surface area contributed by atoms with E-state index in [0.717, 1.165) is 11.3 Å². The van der Waals surface area contributed by atoms with Crippen molar-refractivity contribution in [1.82, 2.24) is 5.32 Å². The Labute approximate surface area is 138 Å². The molecule has 0 atom stereocenters. The van der Waals surface area contributed by atoms with E-state index in [1.165, 1.54) is 6.08 Å². The Morgan fingerprint density at radius 1 is 1.26 bits per heavy atom. The number of likely N-dealkylation sites (N-methyl/N-ethyl adjacent to an activating group) is 1. The first-order chi connectivity index (χ1) is 11.0. The molecule has 1 amide bonds. The summed E-state index contributed by atoms with van der Waals surface area (Å²) in [5.41, 5.74) is 0.592. The molecule has 0 aliphatic carbocycles. The Hall–Kier alpha value is -2.19. The summed E-state index contributed by atoms with van der Waals surface area (Å²) in [6, 6.07) is 0. The van der Waals surface area contributed by atoms with Gasteiger partial charge < -0.3 is 20.1 Å². The first kappa shape index (κ1) is 18.9. The average Bonchev–Trinajstić information content (AvgIpc) is 2.81. The Balaban J connectivity index is 3.19. The van der Waals surface area contributed by atoms with Crippen LogP contribution in [0.1, 0.15) is 32.5 Å². The second-order valence-corrected chi connectivity index (χ2v) is 5.47. The topological polar surface area (TPSA) is 93.7 Å². The number of ether oxygens (including phenoxy) is 2. The normalized spacial score (nSPS) is 10.0. The average molecular weight is 340 g/mol. The first-order valence-corrected chi connectivity index (χ1v) is 7.80. The van der Waals surface area contributed by atoms with Crippen molar-refractivity contribution in [2.24, 2.45) is 0 Å². The van der Waals surface area contributed by atoms with Crippen molar-refractivity contribution in [3.8, 4) is 0 Å². The van der Waals surface area contributed by atoms with Gasteiger partial charge in [-0.25, -0.2) is 9.59 Å². The summed E-state index contributed by atoms with van der Waals surface area (Å²) in [4.78, 5) is 36.2. The van der Waals surface area contributed by atoms with E-state index >= 15 is 0 Å². The number of rotatable bonds is 8. The molecule has 0 saturated heterocycles. The number of esters is 2. The maximum absolute atomic E-state index is 12.1. The molecule has 0 aromatic carbocycles. The number of hydrogen-bond donors (Lipinski definition) is 2. The van der Waals surface area contributed by atoms with Crippen molar-refractivity contribution in [2.75, 3.05) is 32.1 Å². The molecule has 1 rings (SSSR count). The second kappa shape index (κ2) is 9.06. The van der Waals surface area contributed by atoms with Gasteiger partial charge in [0.2, 0.25) is 5.91 Å². The molecule has 0 bridgehead atoms. The van der Waals surface area contributed by atoms with Crippen molar-refractivity contribution < 1.29 is 23.9 Å². The van der Waals surface area contributed by atoms with Crippen LogP contribution in [0.4, 0.5) is 5.00 Å². The monoisotopic (exact) mass is 340 g/mol. The lowest BCUT2D eigenvalue weighted by atomic mass is 10.1. The number of amides is 1. The van der Waals surface area contributed by atoms with Crippen molar-refractivity contribution in [1.29, 1.82) is 0 Å². The lowest BCUT2D eigenvalue weighted by Gasteiger charge is -2.06. The van der Waals surface area contributed by atoms with Crippen LogP contribution in [0.5, 0.6) is 0 Å². The Morgan fingerprint density at radius 2 is 1.96 bits per heavy atom. The van der Waals surface area contributed by atoms with E-state index in [-0.39, 0.29) is 41.1 Å². The summed E-state index contributed by atoms with van der Waals surface area (Å²) in [5.74, 6) is -1.50. The van der Waals surface area contributed by atoms with Gasteiger partial charge in [-0.05, 0) is 26.5 Å². The summed E-state index contributed by atoms with van der Waals surface area (Å²) < 4.78 is 9.99. The first-order valence-electron chi connectivity index (χ1n) is 6.99. The summed E-state index contributed by atoms with van der Waals surface area (Å²) >= 11 is 0.984. The fourth-order valence-corrected chi connectivity index (χ4v) is 2.88. The molecule has 0 unspecified atom stereocenters.